The number of rotatable bonds is 7. The number of guanidine groups is 1. The smallest absolute Gasteiger partial charge is 0.191 e. The molecule has 0 aliphatic carbocycles. The molecule has 22 heavy (non-hydrogen) atoms. The first kappa shape index (κ1) is 16.1. The molecule has 0 fully saturated rings. The second kappa shape index (κ2) is 8.93. The van der Waals surface area contributed by atoms with Gasteiger partial charge in [0.05, 0.1) is 6.26 Å². The van der Waals surface area contributed by atoms with Crippen LogP contribution in [-0.4, -0.2) is 25.1 Å². The summed E-state index contributed by atoms with van der Waals surface area (Å²) in [4.78, 5) is 4.60. The molecule has 118 valence electrons. The topological polar surface area (TPSA) is 49.6 Å². The van der Waals surface area contributed by atoms with Crippen LogP contribution in [0.1, 0.15) is 25.2 Å². The highest BCUT2D eigenvalue weighted by molar-refractivity contribution is 5.80. The summed E-state index contributed by atoms with van der Waals surface area (Å²) in [5.74, 6) is 1.83. The summed E-state index contributed by atoms with van der Waals surface area (Å²) >= 11 is 0. The van der Waals surface area contributed by atoms with Gasteiger partial charge in [-0.25, -0.2) is 0 Å². The van der Waals surface area contributed by atoms with Gasteiger partial charge in [-0.05, 0) is 38.0 Å². The van der Waals surface area contributed by atoms with Crippen molar-refractivity contribution in [3.8, 4) is 0 Å². The highest BCUT2D eigenvalue weighted by atomic mass is 16.3. The predicted octanol–water partition coefficient (Wildman–Crippen LogP) is 3.01. The number of hydrogen-bond acceptors (Lipinski definition) is 2. The number of aliphatic imine (C=N–C) groups is 1. The number of benzene rings is 1. The molecule has 4 nitrogen and oxygen atoms in total. The molecule has 0 unspecified atom stereocenters. The molecule has 0 aliphatic rings. The van der Waals surface area contributed by atoms with Gasteiger partial charge in [-0.3, -0.25) is 4.99 Å². The molecule has 0 amide bonds. The Morgan fingerprint density at radius 3 is 2.59 bits per heavy atom. The first-order valence-corrected chi connectivity index (χ1v) is 7.85. The van der Waals surface area contributed by atoms with Crippen LogP contribution in [0, 0.1) is 0 Å². The van der Waals surface area contributed by atoms with E-state index in [-0.39, 0.29) is 0 Å². The molecule has 0 saturated carbocycles. The van der Waals surface area contributed by atoms with Gasteiger partial charge in [-0.1, -0.05) is 30.3 Å². The summed E-state index contributed by atoms with van der Waals surface area (Å²) in [5.41, 5.74) is 1.33. The van der Waals surface area contributed by atoms with Gasteiger partial charge in [0.25, 0.3) is 0 Å². The van der Waals surface area contributed by atoms with Crippen molar-refractivity contribution in [3.05, 3.63) is 60.1 Å². The fourth-order valence-corrected chi connectivity index (χ4v) is 2.13. The van der Waals surface area contributed by atoms with E-state index < -0.39 is 0 Å². The minimum atomic E-state index is 0.353. The van der Waals surface area contributed by atoms with Crippen molar-refractivity contribution in [2.45, 2.75) is 32.7 Å². The fourth-order valence-electron chi connectivity index (χ4n) is 2.13. The maximum Gasteiger partial charge on any atom is 0.191 e. The summed E-state index contributed by atoms with van der Waals surface area (Å²) in [6.45, 7) is 5.80. The third-order valence-electron chi connectivity index (χ3n) is 3.18. The van der Waals surface area contributed by atoms with Crippen molar-refractivity contribution < 1.29 is 4.42 Å². The Hall–Kier alpha value is -2.23. The lowest BCUT2D eigenvalue weighted by molar-refractivity contribution is 0.510. The number of nitrogens with zero attached hydrogens (tertiary/aromatic N) is 1. The predicted molar refractivity (Wildman–Crippen MR) is 91.1 cm³/mol. The van der Waals surface area contributed by atoms with Crippen LogP contribution in [0.2, 0.25) is 0 Å². The van der Waals surface area contributed by atoms with Gasteiger partial charge in [0.2, 0.25) is 0 Å². The molecule has 2 rings (SSSR count). The van der Waals surface area contributed by atoms with Gasteiger partial charge in [-0.2, -0.15) is 0 Å². The molecule has 0 radical (unpaired) electrons. The van der Waals surface area contributed by atoms with Gasteiger partial charge in [-0.15, -0.1) is 0 Å². The van der Waals surface area contributed by atoms with Crippen molar-refractivity contribution in [2.75, 3.05) is 13.1 Å². The maximum absolute atomic E-state index is 5.33. The third-order valence-corrected chi connectivity index (χ3v) is 3.18. The standard InChI is InChI=1S/C18H25N3O/c1-15(2)21-18(20-13-11-17-9-6-14-22-17)19-12-10-16-7-4-3-5-8-16/h3-9,14-15H,10-13H2,1-2H3,(H2,19,20,21). The highest BCUT2D eigenvalue weighted by Gasteiger charge is 2.02. The van der Waals surface area contributed by atoms with Crippen molar-refractivity contribution >= 4 is 5.96 Å². The normalized spacial score (nSPS) is 11.7. The van der Waals surface area contributed by atoms with Crippen molar-refractivity contribution in [3.63, 3.8) is 0 Å². The minimum absolute atomic E-state index is 0.353. The van der Waals surface area contributed by atoms with E-state index in [1.54, 1.807) is 6.26 Å². The van der Waals surface area contributed by atoms with Crippen molar-refractivity contribution in [1.29, 1.82) is 0 Å². The van der Waals surface area contributed by atoms with Crippen molar-refractivity contribution in [1.82, 2.24) is 10.6 Å². The lowest BCUT2D eigenvalue weighted by atomic mass is 10.1. The quantitative estimate of drug-likeness (QED) is 0.610. The Morgan fingerprint density at radius 1 is 1.09 bits per heavy atom. The molecule has 0 saturated heterocycles. The van der Waals surface area contributed by atoms with Gasteiger partial charge >= 0.3 is 0 Å². The highest BCUT2D eigenvalue weighted by Crippen LogP contribution is 2.01. The second-order valence-electron chi connectivity index (χ2n) is 5.52. The van der Waals surface area contributed by atoms with Gasteiger partial charge in [0, 0.05) is 25.6 Å². The molecule has 1 aromatic carbocycles. The Balaban J connectivity index is 1.80. The largest absolute Gasteiger partial charge is 0.469 e. The first-order valence-electron chi connectivity index (χ1n) is 7.85. The lowest BCUT2D eigenvalue weighted by Crippen LogP contribution is -2.42. The van der Waals surface area contributed by atoms with Crippen LogP contribution in [0.15, 0.2) is 58.1 Å². The van der Waals surface area contributed by atoms with E-state index in [9.17, 15) is 0 Å². The molecule has 2 aromatic rings. The van der Waals surface area contributed by atoms with Crippen LogP contribution in [0.25, 0.3) is 0 Å². The summed E-state index contributed by atoms with van der Waals surface area (Å²) in [6, 6.07) is 14.7. The second-order valence-corrected chi connectivity index (χ2v) is 5.52. The minimum Gasteiger partial charge on any atom is -0.469 e. The van der Waals surface area contributed by atoms with Crippen LogP contribution in [0.3, 0.4) is 0 Å². The SMILES string of the molecule is CC(C)NC(=NCCc1ccco1)NCCc1ccccc1. The van der Waals surface area contributed by atoms with Crippen LogP contribution < -0.4 is 10.6 Å². The average molecular weight is 299 g/mol. The van der Waals surface area contributed by atoms with Gasteiger partial charge in [0.15, 0.2) is 5.96 Å². The summed E-state index contributed by atoms with van der Waals surface area (Å²) in [6.07, 6.45) is 3.50. The molecular formula is C18H25N3O. The average Bonchev–Trinajstić information content (AvgIpc) is 3.01. The molecule has 0 bridgehead atoms. The zero-order valence-electron chi connectivity index (χ0n) is 13.4. The van der Waals surface area contributed by atoms with E-state index >= 15 is 0 Å². The molecule has 1 aromatic heterocycles. The third kappa shape index (κ3) is 6.04. The molecule has 0 spiro atoms. The van der Waals surface area contributed by atoms with E-state index in [0.717, 1.165) is 31.1 Å². The Labute approximate surface area is 132 Å². The molecule has 0 atom stereocenters. The zero-order valence-corrected chi connectivity index (χ0v) is 13.4. The number of furan rings is 1. The summed E-state index contributed by atoms with van der Waals surface area (Å²) in [5, 5.41) is 6.74. The molecule has 0 aliphatic heterocycles. The van der Waals surface area contributed by atoms with E-state index in [1.165, 1.54) is 5.56 Å². The van der Waals surface area contributed by atoms with E-state index in [2.05, 4.69) is 53.7 Å². The maximum atomic E-state index is 5.33. The number of nitrogens with one attached hydrogen (secondary N) is 2. The Bertz CT molecular complexity index is 547. The van der Waals surface area contributed by atoms with Crippen LogP contribution in [0.4, 0.5) is 0 Å². The first-order chi connectivity index (χ1) is 10.7. The summed E-state index contributed by atoms with van der Waals surface area (Å²) < 4.78 is 5.33. The van der Waals surface area contributed by atoms with Crippen LogP contribution in [-0.2, 0) is 12.8 Å². The molecular weight excluding hydrogens is 274 g/mol. The molecule has 2 N–H and O–H groups in total. The number of hydrogen-bond donors (Lipinski definition) is 2. The van der Waals surface area contributed by atoms with Crippen molar-refractivity contribution in [2.24, 2.45) is 4.99 Å². The summed E-state index contributed by atoms with van der Waals surface area (Å²) in [7, 11) is 0. The lowest BCUT2D eigenvalue weighted by Gasteiger charge is -2.15. The molecule has 4 heteroatoms. The van der Waals surface area contributed by atoms with Gasteiger partial charge in [0.1, 0.15) is 5.76 Å². The fraction of sp³-hybridized carbons (Fsp3) is 0.389. The van der Waals surface area contributed by atoms with E-state index in [4.69, 9.17) is 4.42 Å². The van der Waals surface area contributed by atoms with E-state index in [0.29, 0.717) is 12.6 Å². The van der Waals surface area contributed by atoms with E-state index in [1.807, 2.05) is 18.2 Å². The Morgan fingerprint density at radius 2 is 1.91 bits per heavy atom. The Kier molecular flexibility index (Phi) is 6.55. The monoisotopic (exact) mass is 299 g/mol. The van der Waals surface area contributed by atoms with Gasteiger partial charge < -0.3 is 15.1 Å². The van der Waals surface area contributed by atoms with Crippen LogP contribution >= 0.6 is 0 Å². The van der Waals surface area contributed by atoms with Crippen LogP contribution in [0.5, 0.6) is 0 Å². The zero-order chi connectivity index (χ0) is 15.6. The molecule has 1 heterocycles.